The number of ether oxygens (including phenoxy) is 2. The first-order chi connectivity index (χ1) is 10.9. The van der Waals surface area contributed by atoms with E-state index in [1.54, 1.807) is 36.2 Å². The van der Waals surface area contributed by atoms with E-state index in [-0.39, 0.29) is 30.4 Å². The first-order valence-electron chi connectivity index (χ1n) is 7.43. The lowest BCUT2D eigenvalue weighted by atomic mass is 10.2. The van der Waals surface area contributed by atoms with E-state index in [0.717, 1.165) is 0 Å². The predicted octanol–water partition coefficient (Wildman–Crippen LogP) is 0.180. The summed E-state index contributed by atoms with van der Waals surface area (Å²) in [5.41, 5.74) is 0.469. The van der Waals surface area contributed by atoms with Crippen molar-refractivity contribution in [2.45, 2.75) is 12.1 Å². The maximum absolute atomic E-state index is 12.7. The molecule has 0 spiro atoms. The third-order valence-corrected chi connectivity index (χ3v) is 6.27. The Balaban J connectivity index is 1.83. The van der Waals surface area contributed by atoms with E-state index in [1.165, 1.54) is 11.4 Å². The molecule has 2 aliphatic rings. The molecule has 0 bridgehead atoms. The van der Waals surface area contributed by atoms with Crippen molar-refractivity contribution >= 4 is 15.9 Å². The van der Waals surface area contributed by atoms with Crippen LogP contribution in [0.1, 0.15) is 10.4 Å². The van der Waals surface area contributed by atoms with E-state index in [0.29, 0.717) is 24.4 Å². The molecule has 2 atom stereocenters. The van der Waals surface area contributed by atoms with Gasteiger partial charge in [-0.2, -0.15) is 4.31 Å². The number of para-hydroxylation sites is 1. The highest BCUT2D eigenvalue weighted by Gasteiger charge is 2.44. The number of rotatable bonds is 2. The van der Waals surface area contributed by atoms with E-state index in [9.17, 15) is 13.2 Å². The highest BCUT2D eigenvalue weighted by Crippen LogP contribution is 2.27. The number of carbonyl (C=O) groups is 1. The molecule has 0 N–H and O–H groups in total. The molecule has 1 amide bonds. The van der Waals surface area contributed by atoms with Gasteiger partial charge in [0.25, 0.3) is 5.91 Å². The molecule has 2 aliphatic heterocycles. The molecule has 2 fully saturated rings. The number of amides is 1. The second kappa shape index (κ2) is 6.10. The summed E-state index contributed by atoms with van der Waals surface area (Å²) in [6.07, 6.45) is -0.295. The third kappa shape index (κ3) is 2.93. The Hall–Kier alpha value is -1.64. The standard InChI is InChI=1S/C15H20N2O5S/c1-16-12-9-17(10-14(12)22-7-8-23(16,19)20)15(18)11-5-3-4-6-13(11)21-2/h3-6,12,14H,7-10H2,1-2H3/t12-,14+/m1/s1. The Kier molecular flexibility index (Phi) is 4.31. The number of nitrogens with zero attached hydrogens (tertiary/aromatic N) is 2. The lowest BCUT2D eigenvalue weighted by Crippen LogP contribution is -2.43. The van der Waals surface area contributed by atoms with E-state index >= 15 is 0 Å². The second-order valence-corrected chi connectivity index (χ2v) is 7.87. The van der Waals surface area contributed by atoms with Crippen molar-refractivity contribution < 1.29 is 22.7 Å². The maximum Gasteiger partial charge on any atom is 0.257 e. The van der Waals surface area contributed by atoms with Gasteiger partial charge in [0, 0.05) is 20.1 Å². The molecule has 0 saturated carbocycles. The topological polar surface area (TPSA) is 76.1 Å². The minimum atomic E-state index is -3.33. The number of hydrogen-bond donors (Lipinski definition) is 0. The van der Waals surface area contributed by atoms with Crippen molar-refractivity contribution in [3.05, 3.63) is 29.8 Å². The van der Waals surface area contributed by atoms with Crippen molar-refractivity contribution in [3.63, 3.8) is 0 Å². The van der Waals surface area contributed by atoms with Gasteiger partial charge in [0.05, 0.1) is 37.2 Å². The fraction of sp³-hybridized carbons (Fsp3) is 0.533. The molecule has 0 radical (unpaired) electrons. The van der Waals surface area contributed by atoms with Crippen molar-refractivity contribution in [1.29, 1.82) is 0 Å². The molecule has 1 aromatic rings. The Morgan fingerprint density at radius 1 is 1.30 bits per heavy atom. The van der Waals surface area contributed by atoms with E-state index in [4.69, 9.17) is 9.47 Å². The van der Waals surface area contributed by atoms with Crippen LogP contribution in [-0.2, 0) is 14.8 Å². The van der Waals surface area contributed by atoms with Gasteiger partial charge in [0.2, 0.25) is 10.0 Å². The molecule has 0 unspecified atom stereocenters. The molecular weight excluding hydrogens is 320 g/mol. The number of sulfonamides is 1. The molecule has 2 heterocycles. The Bertz CT molecular complexity index is 706. The van der Waals surface area contributed by atoms with Crippen LogP contribution >= 0.6 is 0 Å². The zero-order chi connectivity index (χ0) is 16.6. The summed E-state index contributed by atoms with van der Waals surface area (Å²) in [5, 5.41) is 0. The molecule has 0 aromatic heterocycles. The van der Waals surface area contributed by atoms with E-state index < -0.39 is 10.0 Å². The van der Waals surface area contributed by atoms with Crippen LogP contribution in [0.5, 0.6) is 5.75 Å². The van der Waals surface area contributed by atoms with Gasteiger partial charge in [-0.25, -0.2) is 8.42 Å². The smallest absolute Gasteiger partial charge is 0.257 e. The third-order valence-electron chi connectivity index (χ3n) is 4.44. The average Bonchev–Trinajstić information content (AvgIpc) is 2.93. The molecule has 7 nitrogen and oxygen atoms in total. The summed E-state index contributed by atoms with van der Waals surface area (Å²) in [4.78, 5) is 14.4. The zero-order valence-electron chi connectivity index (χ0n) is 13.1. The minimum Gasteiger partial charge on any atom is -0.496 e. The van der Waals surface area contributed by atoms with Crippen LogP contribution in [0.2, 0.25) is 0 Å². The molecule has 23 heavy (non-hydrogen) atoms. The largest absolute Gasteiger partial charge is 0.496 e. The van der Waals surface area contributed by atoms with Crippen LogP contribution in [0.15, 0.2) is 24.3 Å². The van der Waals surface area contributed by atoms with Gasteiger partial charge in [0.15, 0.2) is 0 Å². The Morgan fingerprint density at radius 2 is 2.04 bits per heavy atom. The molecule has 8 heteroatoms. The van der Waals surface area contributed by atoms with Gasteiger partial charge in [-0.1, -0.05) is 12.1 Å². The first-order valence-corrected chi connectivity index (χ1v) is 9.04. The normalized spacial score (nSPS) is 27.3. The fourth-order valence-electron chi connectivity index (χ4n) is 3.08. The van der Waals surface area contributed by atoms with Gasteiger partial charge < -0.3 is 14.4 Å². The van der Waals surface area contributed by atoms with Gasteiger partial charge in [-0.15, -0.1) is 0 Å². The van der Waals surface area contributed by atoms with Gasteiger partial charge in [-0.3, -0.25) is 4.79 Å². The van der Waals surface area contributed by atoms with Crippen LogP contribution in [-0.4, -0.2) is 75.3 Å². The first kappa shape index (κ1) is 16.2. The Morgan fingerprint density at radius 3 is 2.78 bits per heavy atom. The number of hydrogen-bond acceptors (Lipinski definition) is 5. The number of likely N-dealkylation sites (N-methyl/N-ethyl adjacent to an activating group) is 1. The zero-order valence-corrected chi connectivity index (χ0v) is 14.0. The minimum absolute atomic E-state index is 0.0169. The van der Waals surface area contributed by atoms with Crippen LogP contribution < -0.4 is 4.74 Å². The summed E-state index contributed by atoms with van der Waals surface area (Å²) in [7, 11) is -0.261. The highest BCUT2D eigenvalue weighted by molar-refractivity contribution is 7.89. The summed E-state index contributed by atoms with van der Waals surface area (Å²) < 4.78 is 36.5. The van der Waals surface area contributed by atoms with Crippen LogP contribution in [0.4, 0.5) is 0 Å². The van der Waals surface area contributed by atoms with E-state index in [2.05, 4.69) is 0 Å². The molecule has 2 saturated heterocycles. The molecule has 3 rings (SSSR count). The lowest BCUT2D eigenvalue weighted by molar-refractivity contribution is 0.0480. The van der Waals surface area contributed by atoms with E-state index in [1.807, 2.05) is 0 Å². The summed E-state index contributed by atoms with van der Waals surface area (Å²) in [5.74, 6) is 0.313. The van der Waals surface area contributed by atoms with Crippen molar-refractivity contribution in [1.82, 2.24) is 9.21 Å². The average molecular weight is 340 g/mol. The summed E-state index contributed by atoms with van der Waals surface area (Å²) in [6.45, 7) is 0.850. The molecule has 1 aromatic carbocycles. The van der Waals surface area contributed by atoms with Gasteiger partial charge in [-0.05, 0) is 12.1 Å². The number of methoxy groups -OCH3 is 1. The number of carbonyl (C=O) groups excluding carboxylic acids is 1. The van der Waals surface area contributed by atoms with Crippen LogP contribution in [0.3, 0.4) is 0 Å². The van der Waals surface area contributed by atoms with Crippen molar-refractivity contribution in [3.8, 4) is 5.75 Å². The monoisotopic (exact) mass is 340 g/mol. The van der Waals surface area contributed by atoms with Gasteiger partial charge >= 0.3 is 0 Å². The van der Waals surface area contributed by atoms with Crippen LogP contribution in [0.25, 0.3) is 0 Å². The molecule has 0 aliphatic carbocycles. The molecule has 126 valence electrons. The SMILES string of the molecule is COc1ccccc1C(=O)N1C[C@@H]2OCCS(=O)(=O)N(C)[C@@H]2C1. The molecular formula is C15H20N2O5S. The number of likely N-dealkylation sites (tertiary alicyclic amines) is 1. The van der Waals surface area contributed by atoms with Crippen molar-refractivity contribution in [2.24, 2.45) is 0 Å². The second-order valence-electron chi connectivity index (χ2n) is 5.72. The Labute approximate surface area is 135 Å². The highest BCUT2D eigenvalue weighted by atomic mass is 32.2. The predicted molar refractivity (Wildman–Crippen MR) is 84.0 cm³/mol. The fourth-order valence-corrected chi connectivity index (χ4v) is 4.29. The van der Waals surface area contributed by atoms with Crippen molar-refractivity contribution in [2.75, 3.05) is 39.6 Å². The maximum atomic E-state index is 12.7. The van der Waals surface area contributed by atoms with Crippen LogP contribution in [0, 0.1) is 0 Å². The number of benzene rings is 1. The summed E-state index contributed by atoms with van der Waals surface area (Å²) >= 11 is 0. The lowest BCUT2D eigenvalue weighted by Gasteiger charge is -2.23. The number of fused-ring (bicyclic) bond motifs is 1. The summed E-state index contributed by atoms with van der Waals surface area (Å²) in [6, 6.07) is 6.66. The quantitative estimate of drug-likeness (QED) is 0.768. The van der Waals surface area contributed by atoms with Gasteiger partial charge in [0.1, 0.15) is 5.75 Å².